The van der Waals surface area contributed by atoms with E-state index in [0.717, 1.165) is 38.0 Å². The molecule has 2 amide bonds. The predicted molar refractivity (Wildman–Crippen MR) is 171 cm³/mol. The highest BCUT2D eigenvalue weighted by Gasteiger charge is 2.34. The number of para-hydroxylation sites is 1. The molecule has 0 N–H and O–H groups in total. The molecule has 0 aromatic heterocycles. The molecule has 2 saturated heterocycles. The van der Waals surface area contributed by atoms with Gasteiger partial charge in [-0.15, -0.1) is 0 Å². The van der Waals surface area contributed by atoms with Gasteiger partial charge in [0, 0.05) is 56.9 Å². The number of methoxy groups -OCH3 is 1. The summed E-state index contributed by atoms with van der Waals surface area (Å²) in [5.41, 5.74) is 2.69. The van der Waals surface area contributed by atoms with Gasteiger partial charge in [0.2, 0.25) is 15.9 Å². The number of carbonyl (C=O) groups is 2. The number of hydrogen-bond donors (Lipinski definition) is 0. The fourth-order valence-electron chi connectivity index (χ4n) is 6.61. The monoisotopic (exact) mass is 626 g/mol. The Morgan fingerprint density at radius 1 is 0.955 bits per heavy atom. The number of ether oxygens (including phenoxy) is 2. The molecule has 3 aliphatic heterocycles. The van der Waals surface area contributed by atoms with Crippen molar-refractivity contribution in [3.05, 3.63) is 53.6 Å². The molecular formula is C33H46N4O6S. The van der Waals surface area contributed by atoms with Gasteiger partial charge in [-0.1, -0.05) is 32.0 Å². The Kier molecular flexibility index (Phi) is 10.5. The van der Waals surface area contributed by atoms with Crippen molar-refractivity contribution < 1.29 is 27.5 Å². The highest BCUT2D eigenvalue weighted by molar-refractivity contribution is 7.89. The van der Waals surface area contributed by atoms with Gasteiger partial charge in [-0.05, 0) is 69.0 Å². The zero-order valence-corrected chi connectivity index (χ0v) is 27.1. The third-order valence-electron chi connectivity index (χ3n) is 9.31. The van der Waals surface area contributed by atoms with E-state index in [1.165, 1.54) is 5.56 Å². The maximum atomic E-state index is 13.5. The maximum absolute atomic E-state index is 13.5. The third-order valence-corrected chi connectivity index (χ3v) is 11.2. The molecule has 10 nitrogen and oxygen atoms in total. The lowest BCUT2D eigenvalue weighted by atomic mass is 9.95. The second kappa shape index (κ2) is 14.3. The number of rotatable bonds is 11. The van der Waals surface area contributed by atoms with Gasteiger partial charge >= 0.3 is 0 Å². The van der Waals surface area contributed by atoms with E-state index in [1.807, 2.05) is 41.8 Å². The predicted octanol–water partition coefficient (Wildman–Crippen LogP) is 3.79. The number of benzene rings is 2. The van der Waals surface area contributed by atoms with Crippen LogP contribution in [-0.2, 0) is 21.2 Å². The number of nitrogens with zero attached hydrogens (tertiary/aromatic N) is 4. The lowest BCUT2D eigenvalue weighted by Gasteiger charge is -2.41. The summed E-state index contributed by atoms with van der Waals surface area (Å²) in [5.74, 6) is 1.25. The Hall–Kier alpha value is -3.15. The maximum Gasteiger partial charge on any atom is 0.257 e. The zero-order valence-electron chi connectivity index (χ0n) is 26.2. The van der Waals surface area contributed by atoms with Crippen LogP contribution in [0.25, 0.3) is 0 Å². The van der Waals surface area contributed by atoms with Crippen molar-refractivity contribution in [1.29, 1.82) is 0 Å². The van der Waals surface area contributed by atoms with Crippen LogP contribution in [0.2, 0.25) is 0 Å². The van der Waals surface area contributed by atoms with Gasteiger partial charge in [0.25, 0.3) is 5.91 Å². The summed E-state index contributed by atoms with van der Waals surface area (Å²) in [6, 6.07) is 13.5. The third kappa shape index (κ3) is 7.21. The highest BCUT2D eigenvalue weighted by atomic mass is 32.2. The van der Waals surface area contributed by atoms with Gasteiger partial charge in [0.1, 0.15) is 17.6 Å². The zero-order chi connectivity index (χ0) is 31.3. The van der Waals surface area contributed by atoms with Crippen LogP contribution in [0.3, 0.4) is 0 Å². The molecule has 3 aliphatic rings. The number of fused-ring (bicyclic) bond motifs is 1. The molecule has 0 spiro atoms. The van der Waals surface area contributed by atoms with Gasteiger partial charge in [0.05, 0.1) is 18.4 Å². The molecule has 0 radical (unpaired) electrons. The topological polar surface area (TPSA) is 99.7 Å². The number of hydrogen-bond acceptors (Lipinski definition) is 7. The van der Waals surface area contributed by atoms with Crippen molar-refractivity contribution in [2.45, 2.75) is 64.5 Å². The van der Waals surface area contributed by atoms with E-state index in [9.17, 15) is 18.0 Å². The quantitative estimate of drug-likeness (QED) is 0.374. The fourth-order valence-corrected chi connectivity index (χ4v) is 8.12. The van der Waals surface area contributed by atoms with Crippen molar-refractivity contribution in [3.8, 4) is 11.5 Å². The Morgan fingerprint density at radius 2 is 1.66 bits per heavy atom. The molecular weight excluding hydrogens is 580 g/mol. The molecule has 0 atom stereocenters. The largest absolute Gasteiger partial charge is 0.496 e. The molecule has 2 fully saturated rings. The second-order valence-corrected chi connectivity index (χ2v) is 13.9. The minimum absolute atomic E-state index is 0.0782. The summed E-state index contributed by atoms with van der Waals surface area (Å²) in [7, 11) is -1.76. The Balaban J connectivity index is 1.15. The van der Waals surface area contributed by atoms with E-state index in [2.05, 4.69) is 11.0 Å². The number of piperidine rings is 2. The van der Waals surface area contributed by atoms with Crippen LogP contribution >= 0.6 is 0 Å². The van der Waals surface area contributed by atoms with E-state index in [4.69, 9.17) is 9.47 Å². The standard InChI is InChI=1S/C33H46N4O6S/c1-4-34(5-2)22-23-44(40,41)36-20-16-27(17-21-36)43-28-11-12-29(31(24-28)42-3)33(39)35-18-14-26(15-19-35)37-30-9-7-6-8-25(30)10-13-32(37)38/h6-9,11-12,24,26-27H,4-5,10,13-23H2,1-3H3. The lowest BCUT2D eigenvalue weighted by molar-refractivity contribution is -0.119. The first-order valence-corrected chi connectivity index (χ1v) is 17.6. The number of anilines is 1. The lowest BCUT2D eigenvalue weighted by Crippen LogP contribution is -2.50. The summed E-state index contributed by atoms with van der Waals surface area (Å²) in [6.07, 6.45) is 3.84. The summed E-state index contributed by atoms with van der Waals surface area (Å²) >= 11 is 0. The molecule has 11 heteroatoms. The second-order valence-electron chi connectivity index (χ2n) is 11.8. The molecule has 2 aromatic carbocycles. The van der Waals surface area contributed by atoms with Gasteiger partial charge < -0.3 is 24.2 Å². The van der Waals surface area contributed by atoms with Crippen LogP contribution in [0.5, 0.6) is 11.5 Å². The van der Waals surface area contributed by atoms with Crippen LogP contribution in [0.15, 0.2) is 42.5 Å². The van der Waals surface area contributed by atoms with E-state index >= 15 is 0 Å². The van der Waals surface area contributed by atoms with Gasteiger partial charge in [0.15, 0.2) is 0 Å². The van der Waals surface area contributed by atoms with E-state index < -0.39 is 10.0 Å². The number of likely N-dealkylation sites (tertiary alicyclic amines) is 1. The summed E-state index contributed by atoms with van der Waals surface area (Å²) in [6.45, 7) is 8.29. The van der Waals surface area contributed by atoms with Crippen molar-refractivity contribution in [1.82, 2.24) is 14.1 Å². The molecule has 44 heavy (non-hydrogen) atoms. The van der Waals surface area contributed by atoms with E-state index in [-0.39, 0.29) is 29.7 Å². The fraction of sp³-hybridized carbons (Fsp3) is 0.576. The SMILES string of the molecule is CCN(CC)CCS(=O)(=O)N1CCC(Oc2ccc(C(=O)N3CCC(N4C(=O)CCc5ccccc54)CC3)c(OC)c2)CC1. The van der Waals surface area contributed by atoms with Gasteiger partial charge in [-0.3, -0.25) is 9.59 Å². The minimum atomic E-state index is -3.30. The molecule has 0 bridgehead atoms. The number of amides is 2. The highest BCUT2D eigenvalue weighted by Crippen LogP contribution is 2.34. The molecule has 0 saturated carbocycles. The van der Waals surface area contributed by atoms with Crippen molar-refractivity contribution in [2.24, 2.45) is 0 Å². The Bertz CT molecular complexity index is 1410. The molecule has 0 unspecified atom stereocenters. The van der Waals surface area contributed by atoms with Gasteiger partial charge in [-0.2, -0.15) is 0 Å². The molecule has 2 aromatic rings. The summed E-state index contributed by atoms with van der Waals surface area (Å²) in [4.78, 5) is 32.3. The minimum Gasteiger partial charge on any atom is -0.496 e. The average molecular weight is 627 g/mol. The summed E-state index contributed by atoms with van der Waals surface area (Å²) in [5, 5.41) is 0. The molecule has 5 rings (SSSR count). The normalized spacial score (nSPS) is 18.9. The van der Waals surface area contributed by atoms with Crippen molar-refractivity contribution in [3.63, 3.8) is 0 Å². The Morgan fingerprint density at radius 3 is 2.34 bits per heavy atom. The van der Waals surface area contributed by atoms with Gasteiger partial charge in [-0.25, -0.2) is 12.7 Å². The van der Waals surface area contributed by atoms with Crippen LogP contribution in [0.1, 0.15) is 61.9 Å². The number of aryl methyl sites for hydroxylation is 1. The Labute approximate surface area is 261 Å². The number of carbonyl (C=O) groups excluding carboxylic acids is 2. The first kappa shape index (κ1) is 32.2. The van der Waals surface area contributed by atoms with Crippen LogP contribution < -0.4 is 14.4 Å². The smallest absolute Gasteiger partial charge is 0.257 e. The molecule has 0 aliphatic carbocycles. The molecule has 3 heterocycles. The van der Waals surface area contributed by atoms with Crippen LogP contribution in [0.4, 0.5) is 5.69 Å². The van der Waals surface area contributed by atoms with E-state index in [0.29, 0.717) is 69.0 Å². The first-order valence-electron chi connectivity index (χ1n) is 16.0. The summed E-state index contributed by atoms with van der Waals surface area (Å²) < 4.78 is 39.1. The van der Waals surface area contributed by atoms with Crippen molar-refractivity contribution >= 4 is 27.5 Å². The van der Waals surface area contributed by atoms with E-state index in [1.54, 1.807) is 29.6 Å². The van der Waals surface area contributed by atoms with Crippen LogP contribution in [-0.4, -0.2) is 105 Å². The average Bonchev–Trinajstić information content (AvgIpc) is 3.05. The van der Waals surface area contributed by atoms with Crippen LogP contribution in [0, 0.1) is 0 Å². The molecule has 240 valence electrons. The number of sulfonamides is 1. The van der Waals surface area contributed by atoms with Crippen molar-refractivity contribution in [2.75, 3.05) is 63.6 Å². The first-order chi connectivity index (χ1) is 21.2.